The van der Waals surface area contributed by atoms with Crippen LogP contribution in [0.4, 0.5) is 11.4 Å². The number of nitrogen functional groups attached to an aromatic ring is 1. The molecule has 1 heterocycles. The second kappa shape index (κ2) is 4.43. The maximum atomic E-state index is 10.8. The van der Waals surface area contributed by atoms with E-state index in [1.165, 1.54) is 11.3 Å². The van der Waals surface area contributed by atoms with E-state index in [-0.39, 0.29) is 5.91 Å². The molecule has 0 unspecified atom stereocenters. The molecule has 2 rings (SSSR count). The topological polar surface area (TPSA) is 72.4 Å². The van der Waals surface area contributed by atoms with E-state index >= 15 is 0 Å². The van der Waals surface area contributed by atoms with Crippen LogP contribution in [0.1, 0.15) is 18.4 Å². The average molecular weight is 219 g/mol. The molecule has 1 aromatic carbocycles. The second-order valence-electron chi connectivity index (χ2n) is 4.20. The zero-order valence-electron chi connectivity index (χ0n) is 9.28. The summed E-state index contributed by atoms with van der Waals surface area (Å²) in [6.07, 6.45) is 2.58. The van der Waals surface area contributed by atoms with Gasteiger partial charge < -0.3 is 16.4 Å². The number of primary amides is 1. The number of nitrogens with zero attached hydrogens (tertiary/aromatic N) is 1. The van der Waals surface area contributed by atoms with Gasteiger partial charge in [-0.3, -0.25) is 4.79 Å². The lowest BCUT2D eigenvalue weighted by molar-refractivity contribution is -0.117. The van der Waals surface area contributed by atoms with Crippen LogP contribution in [0.5, 0.6) is 0 Å². The Hall–Kier alpha value is -1.71. The van der Waals surface area contributed by atoms with Crippen LogP contribution in [0.15, 0.2) is 18.2 Å². The first-order valence-corrected chi connectivity index (χ1v) is 5.58. The summed E-state index contributed by atoms with van der Waals surface area (Å²) >= 11 is 0. The van der Waals surface area contributed by atoms with Gasteiger partial charge in [0, 0.05) is 30.9 Å². The van der Waals surface area contributed by atoms with Gasteiger partial charge in [0.05, 0.1) is 0 Å². The molecule has 0 fully saturated rings. The summed E-state index contributed by atoms with van der Waals surface area (Å²) in [6.45, 7) is 1.69. The van der Waals surface area contributed by atoms with Crippen molar-refractivity contribution < 1.29 is 4.79 Å². The molecule has 0 radical (unpaired) electrons. The molecule has 0 saturated carbocycles. The molecule has 1 amide bonds. The Morgan fingerprint density at radius 1 is 1.44 bits per heavy atom. The van der Waals surface area contributed by atoms with Crippen LogP contribution in [-0.2, 0) is 11.2 Å². The minimum absolute atomic E-state index is 0.248. The summed E-state index contributed by atoms with van der Waals surface area (Å²) in [4.78, 5) is 13.0. The van der Waals surface area contributed by atoms with Crippen molar-refractivity contribution in [1.82, 2.24) is 0 Å². The van der Waals surface area contributed by atoms with Crippen molar-refractivity contribution in [3.05, 3.63) is 23.8 Å². The van der Waals surface area contributed by atoms with Crippen molar-refractivity contribution in [2.75, 3.05) is 23.7 Å². The van der Waals surface area contributed by atoms with Crippen molar-refractivity contribution in [2.45, 2.75) is 19.3 Å². The fraction of sp³-hybridized carbons (Fsp3) is 0.417. The zero-order chi connectivity index (χ0) is 11.5. The highest BCUT2D eigenvalue weighted by atomic mass is 16.1. The summed E-state index contributed by atoms with van der Waals surface area (Å²) < 4.78 is 0. The minimum Gasteiger partial charge on any atom is -0.399 e. The number of fused-ring (bicyclic) bond motifs is 1. The number of hydrogen-bond acceptors (Lipinski definition) is 3. The molecule has 86 valence electrons. The standard InChI is InChI=1S/C12H17N3O/c13-10-3-4-11-9(8-10)2-1-6-15(11)7-5-12(14)16/h3-4,8H,1-2,5-7,13H2,(H2,14,16). The predicted molar refractivity (Wildman–Crippen MR) is 65.2 cm³/mol. The number of hydrogen-bond donors (Lipinski definition) is 2. The van der Waals surface area contributed by atoms with E-state index in [0.29, 0.717) is 13.0 Å². The number of carbonyl (C=O) groups excluding carboxylic acids is 1. The van der Waals surface area contributed by atoms with Gasteiger partial charge in [0.25, 0.3) is 0 Å². The molecular formula is C12H17N3O. The minimum atomic E-state index is -0.248. The highest BCUT2D eigenvalue weighted by Crippen LogP contribution is 2.28. The van der Waals surface area contributed by atoms with Crippen LogP contribution in [-0.4, -0.2) is 19.0 Å². The highest BCUT2D eigenvalue weighted by Gasteiger charge is 2.16. The Morgan fingerprint density at radius 2 is 2.25 bits per heavy atom. The molecule has 0 bridgehead atoms. The third kappa shape index (κ3) is 2.27. The number of amides is 1. The van der Waals surface area contributed by atoms with Crippen LogP contribution in [0, 0.1) is 0 Å². The SMILES string of the molecule is NC(=O)CCN1CCCc2cc(N)ccc21. The first kappa shape index (κ1) is 10.8. The van der Waals surface area contributed by atoms with Crippen LogP contribution < -0.4 is 16.4 Å². The number of rotatable bonds is 3. The van der Waals surface area contributed by atoms with E-state index in [1.54, 1.807) is 0 Å². The third-order valence-electron chi connectivity index (χ3n) is 2.95. The van der Waals surface area contributed by atoms with Crippen molar-refractivity contribution in [2.24, 2.45) is 5.73 Å². The predicted octanol–water partition coefficient (Wildman–Crippen LogP) is 0.897. The van der Waals surface area contributed by atoms with E-state index in [9.17, 15) is 4.79 Å². The van der Waals surface area contributed by atoms with E-state index in [1.807, 2.05) is 18.2 Å². The first-order valence-electron chi connectivity index (χ1n) is 5.58. The van der Waals surface area contributed by atoms with Crippen molar-refractivity contribution in [3.8, 4) is 0 Å². The Kier molecular flexibility index (Phi) is 2.99. The zero-order valence-corrected chi connectivity index (χ0v) is 9.28. The lowest BCUT2D eigenvalue weighted by Crippen LogP contribution is -2.32. The van der Waals surface area contributed by atoms with Crippen LogP contribution in [0.2, 0.25) is 0 Å². The van der Waals surface area contributed by atoms with Crippen LogP contribution in [0.25, 0.3) is 0 Å². The average Bonchev–Trinajstić information content (AvgIpc) is 2.25. The Labute approximate surface area is 95.2 Å². The van der Waals surface area contributed by atoms with E-state index in [2.05, 4.69) is 4.90 Å². The summed E-state index contributed by atoms with van der Waals surface area (Å²) in [5, 5.41) is 0. The van der Waals surface area contributed by atoms with Crippen molar-refractivity contribution >= 4 is 17.3 Å². The molecule has 4 N–H and O–H groups in total. The summed E-state index contributed by atoms with van der Waals surface area (Å²) in [6, 6.07) is 5.96. The number of nitrogens with two attached hydrogens (primary N) is 2. The molecule has 16 heavy (non-hydrogen) atoms. The maximum Gasteiger partial charge on any atom is 0.219 e. The van der Waals surface area contributed by atoms with Gasteiger partial charge in [-0.1, -0.05) is 0 Å². The van der Waals surface area contributed by atoms with Gasteiger partial charge in [0.2, 0.25) is 5.91 Å². The Bertz CT molecular complexity index is 403. The molecular weight excluding hydrogens is 202 g/mol. The fourth-order valence-corrected chi connectivity index (χ4v) is 2.17. The number of carbonyl (C=O) groups is 1. The number of benzene rings is 1. The van der Waals surface area contributed by atoms with Gasteiger partial charge in [-0.2, -0.15) is 0 Å². The highest BCUT2D eigenvalue weighted by molar-refractivity contribution is 5.74. The molecule has 0 aromatic heterocycles. The Balaban J connectivity index is 2.16. The molecule has 4 heteroatoms. The summed E-state index contributed by atoms with van der Waals surface area (Å²) in [5.74, 6) is -0.248. The monoisotopic (exact) mass is 219 g/mol. The number of anilines is 2. The van der Waals surface area contributed by atoms with Crippen molar-refractivity contribution in [3.63, 3.8) is 0 Å². The van der Waals surface area contributed by atoms with E-state index in [4.69, 9.17) is 11.5 Å². The van der Waals surface area contributed by atoms with Gasteiger partial charge in [0.15, 0.2) is 0 Å². The Morgan fingerprint density at radius 3 is 3.00 bits per heavy atom. The van der Waals surface area contributed by atoms with Crippen molar-refractivity contribution in [1.29, 1.82) is 0 Å². The molecule has 0 saturated heterocycles. The summed E-state index contributed by atoms with van der Waals surface area (Å²) in [5.41, 5.74) is 14.2. The first-order chi connectivity index (χ1) is 7.66. The van der Waals surface area contributed by atoms with Gasteiger partial charge in [-0.25, -0.2) is 0 Å². The maximum absolute atomic E-state index is 10.8. The van der Waals surface area contributed by atoms with Gasteiger partial charge in [-0.15, -0.1) is 0 Å². The van der Waals surface area contributed by atoms with E-state index < -0.39 is 0 Å². The lowest BCUT2D eigenvalue weighted by Gasteiger charge is -2.31. The quantitative estimate of drug-likeness (QED) is 0.742. The molecule has 0 aliphatic carbocycles. The van der Waals surface area contributed by atoms with Gasteiger partial charge >= 0.3 is 0 Å². The molecule has 1 aromatic rings. The van der Waals surface area contributed by atoms with E-state index in [0.717, 1.165) is 25.1 Å². The largest absolute Gasteiger partial charge is 0.399 e. The van der Waals surface area contributed by atoms with Gasteiger partial charge in [0.1, 0.15) is 0 Å². The smallest absolute Gasteiger partial charge is 0.219 e. The van der Waals surface area contributed by atoms with Gasteiger partial charge in [-0.05, 0) is 36.6 Å². The molecule has 1 aliphatic heterocycles. The third-order valence-corrected chi connectivity index (χ3v) is 2.95. The van der Waals surface area contributed by atoms with Crippen LogP contribution in [0.3, 0.4) is 0 Å². The molecule has 4 nitrogen and oxygen atoms in total. The number of aryl methyl sites for hydroxylation is 1. The lowest BCUT2D eigenvalue weighted by atomic mass is 10.0. The molecule has 1 aliphatic rings. The molecule has 0 spiro atoms. The fourth-order valence-electron chi connectivity index (χ4n) is 2.17. The molecule has 0 atom stereocenters. The van der Waals surface area contributed by atoms with Crippen LogP contribution >= 0.6 is 0 Å². The second-order valence-corrected chi connectivity index (χ2v) is 4.20. The summed E-state index contributed by atoms with van der Waals surface area (Å²) in [7, 11) is 0. The normalized spacial score (nSPS) is 14.6.